The summed E-state index contributed by atoms with van der Waals surface area (Å²) in [6, 6.07) is 12.8. The van der Waals surface area contributed by atoms with Crippen LogP contribution in [0.2, 0.25) is 0 Å². The highest BCUT2D eigenvalue weighted by atomic mass is 32.2. The van der Waals surface area contributed by atoms with Gasteiger partial charge in [-0.05, 0) is 31.0 Å². The highest BCUT2D eigenvalue weighted by molar-refractivity contribution is 7.89. The van der Waals surface area contributed by atoms with Crippen LogP contribution in [0.4, 0.5) is 5.69 Å². The minimum atomic E-state index is -3.99. The van der Waals surface area contributed by atoms with Gasteiger partial charge in [-0.1, -0.05) is 24.3 Å². The molecule has 0 radical (unpaired) electrons. The lowest BCUT2D eigenvalue weighted by molar-refractivity contribution is -0.387. The van der Waals surface area contributed by atoms with Crippen LogP contribution in [0.1, 0.15) is 24.7 Å². The van der Waals surface area contributed by atoms with Crippen LogP contribution >= 0.6 is 0 Å². The van der Waals surface area contributed by atoms with E-state index in [9.17, 15) is 18.5 Å². The Labute approximate surface area is 155 Å². The van der Waals surface area contributed by atoms with Gasteiger partial charge in [-0.2, -0.15) is 4.31 Å². The zero-order valence-corrected chi connectivity index (χ0v) is 15.1. The van der Waals surface area contributed by atoms with E-state index < -0.39 is 20.6 Å². The summed E-state index contributed by atoms with van der Waals surface area (Å²) < 4.78 is 33.1. The zero-order valence-electron chi connectivity index (χ0n) is 14.3. The molecule has 140 valence electrons. The first-order chi connectivity index (χ1) is 13.0. The van der Waals surface area contributed by atoms with Crippen LogP contribution in [-0.2, 0) is 10.0 Å². The number of nitrogens with zero attached hydrogens (tertiary/aromatic N) is 3. The molecule has 1 fully saturated rings. The number of oxazole rings is 1. The molecule has 8 nitrogen and oxygen atoms in total. The quantitative estimate of drug-likeness (QED) is 0.502. The molecular formula is C18H17N3O5S. The lowest BCUT2D eigenvalue weighted by Gasteiger charge is -2.30. The number of benzene rings is 2. The zero-order chi connectivity index (χ0) is 19.0. The molecule has 0 saturated carbocycles. The molecule has 9 heteroatoms. The molecule has 1 atom stereocenters. The number of aromatic nitrogens is 1. The average Bonchev–Trinajstić information content (AvgIpc) is 3.12. The number of nitro benzene ring substituents is 1. The van der Waals surface area contributed by atoms with Crippen molar-refractivity contribution in [3.63, 3.8) is 0 Å². The van der Waals surface area contributed by atoms with E-state index in [-0.39, 0.29) is 17.4 Å². The van der Waals surface area contributed by atoms with Gasteiger partial charge in [0.05, 0.1) is 4.92 Å². The van der Waals surface area contributed by atoms with Gasteiger partial charge in [0.15, 0.2) is 16.4 Å². The maximum Gasteiger partial charge on any atom is 0.289 e. The van der Waals surface area contributed by atoms with Crippen LogP contribution in [0.3, 0.4) is 0 Å². The fourth-order valence-corrected chi connectivity index (χ4v) is 5.07. The summed E-state index contributed by atoms with van der Waals surface area (Å²) in [6.45, 7) is 0.492. The Kier molecular flexibility index (Phi) is 4.40. The van der Waals surface area contributed by atoms with Crippen LogP contribution in [0, 0.1) is 10.1 Å². The molecule has 1 aromatic heterocycles. The van der Waals surface area contributed by atoms with Crippen LogP contribution in [0.15, 0.2) is 57.8 Å². The Hall–Kier alpha value is -2.78. The highest BCUT2D eigenvalue weighted by Crippen LogP contribution is 2.33. The summed E-state index contributed by atoms with van der Waals surface area (Å²) in [5.74, 6) is 0.308. The average molecular weight is 387 g/mol. The summed E-state index contributed by atoms with van der Waals surface area (Å²) in [5.41, 5.74) is 0.971. The van der Waals surface area contributed by atoms with E-state index in [1.807, 2.05) is 24.3 Å². The predicted molar refractivity (Wildman–Crippen MR) is 97.8 cm³/mol. The van der Waals surface area contributed by atoms with Crippen molar-refractivity contribution in [1.29, 1.82) is 0 Å². The van der Waals surface area contributed by atoms with Crippen molar-refractivity contribution in [2.24, 2.45) is 0 Å². The van der Waals surface area contributed by atoms with Crippen molar-refractivity contribution in [2.75, 3.05) is 13.1 Å². The van der Waals surface area contributed by atoms with E-state index in [0.717, 1.165) is 11.9 Å². The largest absolute Gasteiger partial charge is 0.440 e. The van der Waals surface area contributed by atoms with E-state index in [1.165, 1.54) is 28.6 Å². The van der Waals surface area contributed by atoms with Crippen molar-refractivity contribution in [1.82, 2.24) is 9.29 Å². The smallest absolute Gasteiger partial charge is 0.289 e. The van der Waals surface area contributed by atoms with Gasteiger partial charge in [0, 0.05) is 25.1 Å². The maximum atomic E-state index is 13.0. The molecule has 3 aromatic rings. The number of hydrogen-bond donors (Lipinski definition) is 0. The highest BCUT2D eigenvalue weighted by Gasteiger charge is 2.36. The fraction of sp³-hybridized carbons (Fsp3) is 0.278. The lowest BCUT2D eigenvalue weighted by atomic mass is 10.00. The third kappa shape index (κ3) is 3.19. The summed E-state index contributed by atoms with van der Waals surface area (Å²) in [6.07, 6.45) is 1.37. The molecule has 0 amide bonds. The molecule has 0 aliphatic carbocycles. The summed E-state index contributed by atoms with van der Waals surface area (Å²) in [4.78, 5) is 14.8. The Morgan fingerprint density at radius 3 is 2.67 bits per heavy atom. The van der Waals surface area contributed by atoms with Gasteiger partial charge in [0.25, 0.3) is 5.69 Å². The lowest BCUT2D eigenvalue weighted by Crippen LogP contribution is -2.39. The number of nitro groups is 1. The molecule has 0 spiro atoms. The number of sulfonamides is 1. The standard InChI is InChI=1S/C18H17N3O5S/c22-21(23)15-8-2-4-10-17(15)27(24,25)20-11-5-6-13(12-20)18-19-14-7-1-3-9-16(14)26-18/h1-4,7-10,13H,5-6,11-12H2. The van der Waals surface area contributed by atoms with Gasteiger partial charge in [-0.3, -0.25) is 10.1 Å². The Bertz CT molecular complexity index is 1080. The second kappa shape index (κ2) is 6.75. The molecular weight excluding hydrogens is 370 g/mol. The summed E-state index contributed by atoms with van der Waals surface area (Å²) >= 11 is 0. The molecule has 2 heterocycles. The van der Waals surface area contributed by atoms with Crippen molar-refractivity contribution in [2.45, 2.75) is 23.7 Å². The molecule has 1 aliphatic rings. The molecule has 2 aromatic carbocycles. The van der Waals surface area contributed by atoms with E-state index >= 15 is 0 Å². The maximum absolute atomic E-state index is 13.0. The number of rotatable bonds is 4. The van der Waals surface area contributed by atoms with E-state index in [2.05, 4.69) is 4.98 Å². The predicted octanol–water partition coefficient (Wildman–Crippen LogP) is 3.30. The minimum Gasteiger partial charge on any atom is -0.440 e. The van der Waals surface area contributed by atoms with Crippen molar-refractivity contribution >= 4 is 26.8 Å². The van der Waals surface area contributed by atoms with E-state index in [0.29, 0.717) is 24.4 Å². The number of fused-ring (bicyclic) bond motifs is 1. The minimum absolute atomic E-state index is 0.182. The fourth-order valence-electron chi connectivity index (χ4n) is 3.39. The number of para-hydroxylation sites is 3. The first-order valence-electron chi connectivity index (χ1n) is 8.56. The van der Waals surface area contributed by atoms with Gasteiger partial charge in [-0.25, -0.2) is 13.4 Å². The van der Waals surface area contributed by atoms with Crippen molar-refractivity contribution in [3.05, 3.63) is 64.5 Å². The first-order valence-corrected chi connectivity index (χ1v) is 10.00. The van der Waals surface area contributed by atoms with Crippen molar-refractivity contribution < 1.29 is 17.8 Å². The topological polar surface area (TPSA) is 107 Å². The third-order valence-corrected chi connectivity index (χ3v) is 6.64. The normalized spacial score (nSPS) is 18.6. The van der Waals surface area contributed by atoms with Gasteiger partial charge in [0.2, 0.25) is 10.0 Å². The van der Waals surface area contributed by atoms with E-state index in [1.54, 1.807) is 0 Å². The Balaban J connectivity index is 1.65. The molecule has 4 rings (SSSR count). The first kappa shape index (κ1) is 17.6. The van der Waals surface area contributed by atoms with Crippen LogP contribution in [0.25, 0.3) is 11.1 Å². The van der Waals surface area contributed by atoms with Gasteiger partial charge in [0.1, 0.15) is 5.52 Å². The molecule has 27 heavy (non-hydrogen) atoms. The molecule has 0 bridgehead atoms. The molecule has 1 aliphatic heterocycles. The van der Waals surface area contributed by atoms with Crippen molar-refractivity contribution in [3.8, 4) is 0 Å². The summed E-state index contributed by atoms with van der Waals surface area (Å²) in [5, 5.41) is 11.2. The van der Waals surface area contributed by atoms with Crippen LogP contribution in [-0.4, -0.2) is 35.7 Å². The Morgan fingerprint density at radius 2 is 1.89 bits per heavy atom. The summed E-state index contributed by atoms with van der Waals surface area (Å²) in [7, 11) is -3.99. The monoisotopic (exact) mass is 387 g/mol. The SMILES string of the molecule is O=[N+]([O-])c1ccccc1S(=O)(=O)N1CCCC(c2nc3ccccc3o2)C1. The van der Waals surface area contributed by atoms with Gasteiger partial charge >= 0.3 is 0 Å². The molecule has 0 N–H and O–H groups in total. The Morgan fingerprint density at radius 1 is 1.15 bits per heavy atom. The van der Waals surface area contributed by atoms with Crippen LogP contribution in [0.5, 0.6) is 0 Å². The number of hydrogen-bond acceptors (Lipinski definition) is 6. The van der Waals surface area contributed by atoms with Crippen LogP contribution < -0.4 is 0 Å². The molecule has 1 unspecified atom stereocenters. The van der Waals surface area contributed by atoms with Gasteiger partial charge in [-0.15, -0.1) is 0 Å². The third-order valence-electron chi connectivity index (χ3n) is 4.72. The van der Waals surface area contributed by atoms with E-state index in [4.69, 9.17) is 4.42 Å². The van der Waals surface area contributed by atoms with Gasteiger partial charge < -0.3 is 4.42 Å². The second-order valence-electron chi connectivity index (χ2n) is 6.45. The second-order valence-corrected chi connectivity index (χ2v) is 8.35. The number of piperidine rings is 1. The molecule has 1 saturated heterocycles.